The Morgan fingerprint density at radius 1 is 1.15 bits per heavy atom. The summed E-state index contributed by atoms with van der Waals surface area (Å²) in [6.07, 6.45) is 6.44. The predicted octanol–water partition coefficient (Wildman–Crippen LogP) is 3.82. The number of piperidine rings is 1. The topological polar surface area (TPSA) is 104 Å². The molecule has 1 N–H and O–H groups in total. The number of imidazole rings is 1. The van der Waals surface area contributed by atoms with Gasteiger partial charge in [0.15, 0.2) is 0 Å². The molecule has 2 amide bonds. The number of fused-ring (bicyclic) bond motifs is 2. The molecule has 0 spiro atoms. The van der Waals surface area contributed by atoms with E-state index >= 15 is 0 Å². The molecule has 3 aliphatic rings. The lowest BCUT2D eigenvalue weighted by molar-refractivity contribution is -0.141. The number of ether oxygens (including phenoxy) is 1. The summed E-state index contributed by atoms with van der Waals surface area (Å²) in [5.74, 6) is 0.824. The minimum absolute atomic E-state index is 0.138. The summed E-state index contributed by atoms with van der Waals surface area (Å²) in [4.78, 5) is 40.7. The lowest BCUT2D eigenvalue weighted by Gasteiger charge is -2.44. The predicted molar refractivity (Wildman–Crippen MR) is 148 cm³/mol. The van der Waals surface area contributed by atoms with Gasteiger partial charge in [-0.2, -0.15) is 0 Å². The lowest BCUT2D eigenvalue weighted by Crippen LogP contribution is -2.62. The quantitative estimate of drug-likeness (QED) is 0.513. The number of halogens is 1. The third kappa shape index (κ3) is 5.25. The number of carboxylic acid groups (broad SMARTS) is 1. The van der Waals surface area contributed by atoms with E-state index in [4.69, 9.17) is 21.3 Å². The Morgan fingerprint density at radius 2 is 2.02 bits per heavy atom. The zero-order valence-electron chi connectivity index (χ0n) is 22.4. The summed E-state index contributed by atoms with van der Waals surface area (Å²) < 4.78 is 8.20. The van der Waals surface area contributed by atoms with E-state index in [0.29, 0.717) is 37.0 Å². The van der Waals surface area contributed by atoms with Gasteiger partial charge in [0.05, 0.1) is 23.8 Å². The number of likely N-dealkylation sites (tertiary alicyclic amines) is 1. The molecule has 11 heteroatoms. The van der Waals surface area contributed by atoms with Crippen LogP contribution in [0.2, 0.25) is 5.02 Å². The van der Waals surface area contributed by atoms with Gasteiger partial charge in [0.2, 0.25) is 5.91 Å². The fraction of sp³-hybridized carbons (Fsp3) is 0.448. The first-order valence-corrected chi connectivity index (χ1v) is 14.1. The van der Waals surface area contributed by atoms with Gasteiger partial charge in [0.25, 0.3) is 0 Å². The van der Waals surface area contributed by atoms with E-state index in [1.54, 1.807) is 6.20 Å². The minimum atomic E-state index is -1.07. The van der Waals surface area contributed by atoms with Crippen LogP contribution in [0, 0.1) is 12.8 Å². The second kappa shape index (κ2) is 11.1. The molecule has 0 bridgehead atoms. The number of aromatic nitrogens is 3. The maximum atomic E-state index is 14.0. The first-order chi connectivity index (χ1) is 19.4. The number of rotatable bonds is 4. The second-order valence-corrected chi connectivity index (χ2v) is 11.3. The van der Waals surface area contributed by atoms with Gasteiger partial charge in [-0.15, -0.1) is 0 Å². The fourth-order valence-corrected chi connectivity index (χ4v) is 6.49. The zero-order valence-corrected chi connectivity index (χ0v) is 23.2. The normalized spacial score (nSPS) is 23.1. The van der Waals surface area contributed by atoms with Crippen molar-refractivity contribution in [3.05, 3.63) is 76.6 Å². The highest BCUT2D eigenvalue weighted by molar-refractivity contribution is 6.30. The second-order valence-electron chi connectivity index (χ2n) is 10.9. The maximum absolute atomic E-state index is 14.0. The van der Waals surface area contributed by atoms with Crippen LogP contribution in [0.1, 0.15) is 41.4 Å². The highest BCUT2D eigenvalue weighted by Crippen LogP contribution is 2.40. The van der Waals surface area contributed by atoms with E-state index in [2.05, 4.69) is 14.5 Å². The average molecular weight is 565 g/mol. The molecule has 0 aliphatic carbocycles. The molecule has 0 radical (unpaired) electrons. The van der Waals surface area contributed by atoms with Crippen molar-refractivity contribution in [2.75, 3.05) is 32.7 Å². The van der Waals surface area contributed by atoms with Crippen LogP contribution in [0.4, 0.5) is 4.79 Å². The number of pyridine rings is 1. The van der Waals surface area contributed by atoms with Gasteiger partial charge < -0.3 is 19.3 Å². The van der Waals surface area contributed by atoms with Crippen LogP contribution in [0.15, 0.2) is 49.1 Å². The Hall–Kier alpha value is -3.63. The molecule has 0 saturated carbocycles. The summed E-state index contributed by atoms with van der Waals surface area (Å²) in [6.45, 7) is 5.28. The van der Waals surface area contributed by atoms with Gasteiger partial charge >= 0.3 is 6.09 Å². The number of hydrogen-bond donors (Lipinski definition) is 1. The van der Waals surface area contributed by atoms with Crippen LogP contribution < -0.4 is 4.74 Å². The molecular weight excluding hydrogens is 532 g/mol. The first kappa shape index (κ1) is 26.6. The monoisotopic (exact) mass is 564 g/mol. The summed E-state index contributed by atoms with van der Waals surface area (Å²) >= 11 is 6.31. The number of amides is 2. The Bertz CT molecular complexity index is 1410. The molecule has 10 nitrogen and oxygen atoms in total. The van der Waals surface area contributed by atoms with Crippen molar-refractivity contribution in [1.29, 1.82) is 0 Å². The van der Waals surface area contributed by atoms with Crippen molar-refractivity contribution < 1.29 is 19.4 Å². The highest BCUT2D eigenvalue weighted by atomic mass is 35.5. The van der Waals surface area contributed by atoms with Gasteiger partial charge in [-0.3, -0.25) is 19.6 Å². The first-order valence-electron chi connectivity index (χ1n) is 13.7. The molecule has 6 rings (SSSR count). The fourth-order valence-electron chi connectivity index (χ4n) is 6.32. The molecule has 1 aromatic carbocycles. The van der Waals surface area contributed by atoms with E-state index in [-0.39, 0.29) is 31.0 Å². The SMILES string of the molecule is Cc1cn(C[C@@H]2CCCN(C(=O)[C@@H]3CN([C@H]4c5ccc(Cl)cc5OCc5cccnc54)CCN3C(=O)O)C2)cn1. The molecule has 5 heterocycles. The van der Waals surface area contributed by atoms with Crippen molar-refractivity contribution in [3.63, 3.8) is 0 Å². The standard InChI is InChI=1S/C29H33ClN6O4/c1-19-13-33(18-32-19)14-20-4-3-9-35(15-20)28(37)24-16-34(10-11-36(24)29(38)39)27-23-7-6-22(30)12-25(23)40-17-21-5-2-8-31-26(21)27/h2,5-8,12-13,18,20,24,27H,3-4,9-11,14-17H2,1H3,(H,38,39)/t20-,24-,27-/m0/s1. The van der Waals surface area contributed by atoms with Crippen molar-refractivity contribution in [2.24, 2.45) is 5.92 Å². The number of benzene rings is 1. The van der Waals surface area contributed by atoms with Crippen LogP contribution in [0.3, 0.4) is 0 Å². The Kier molecular flexibility index (Phi) is 7.37. The maximum Gasteiger partial charge on any atom is 0.408 e. The van der Waals surface area contributed by atoms with Crippen LogP contribution in [0.5, 0.6) is 5.75 Å². The molecule has 40 heavy (non-hydrogen) atoms. The van der Waals surface area contributed by atoms with Crippen molar-refractivity contribution in [1.82, 2.24) is 29.2 Å². The third-order valence-corrected chi connectivity index (χ3v) is 8.44. The third-order valence-electron chi connectivity index (χ3n) is 8.21. The molecule has 3 aliphatic heterocycles. The van der Waals surface area contributed by atoms with Gasteiger partial charge in [0.1, 0.15) is 18.4 Å². The lowest BCUT2D eigenvalue weighted by atomic mass is 9.95. The molecule has 3 aromatic rings. The number of carbonyl (C=O) groups is 2. The van der Waals surface area contributed by atoms with E-state index in [1.165, 1.54) is 4.90 Å². The molecule has 3 atom stereocenters. The molecule has 2 fully saturated rings. The van der Waals surface area contributed by atoms with Crippen molar-refractivity contribution >= 4 is 23.6 Å². The molecule has 210 valence electrons. The number of hydrogen-bond acceptors (Lipinski definition) is 6. The van der Waals surface area contributed by atoms with E-state index in [1.807, 2.05) is 54.7 Å². The van der Waals surface area contributed by atoms with Crippen LogP contribution in [0.25, 0.3) is 0 Å². The van der Waals surface area contributed by atoms with Gasteiger partial charge in [-0.1, -0.05) is 23.7 Å². The smallest absolute Gasteiger partial charge is 0.408 e. The van der Waals surface area contributed by atoms with Crippen LogP contribution in [-0.4, -0.2) is 85.1 Å². The molecule has 2 saturated heterocycles. The summed E-state index contributed by atoms with van der Waals surface area (Å²) in [5, 5.41) is 10.6. The summed E-state index contributed by atoms with van der Waals surface area (Å²) in [7, 11) is 0. The van der Waals surface area contributed by atoms with Crippen molar-refractivity contribution in [3.8, 4) is 5.75 Å². The number of nitrogens with zero attached hydrogens (tertiary/aromatic N) is 6. The van der Waals surface area contributed by atoms with Crippen molar-refractivity contribution in [2.45, 2.75) is 45.0 Å². The summed E-state index contributed by atoms with van der Waals surface area (Å²) in [5.41, 5.74) is 3.68. The van der Waals surface area contributed by atoms with Crippen LogP contribution in [-0.2, 0) is 17.9 Å². The van der Waals surface area contributed by atoms with E-state index in [0.717, 1.165) is 41.9 Å². The molecule has 0 unspecified atom stereocenters. The largest absolute Gasteiger partial charge is 0.488 e. The molecule has 2 aromatic heterocycles. The number of aryl methyl sites for hydroxylation is 1. The van der Waals surface area contributed by atoms with Gasteiger partial charge in [0, 0.05) is 67.8 Å². The van der Waals surface area contributed by atoms with Gasteiger partial charge in [-0.05, 0) is 43.9 Å². The minimum Gasteiger partial charge on any atom is -0.488 e. The zero-order chi connectivity index (χ0) is 27.8. The number of piperazine rings is 1. The Morgan fingerprint density at radius 3 is 2.83 bits per heavy atom. The van der Waals surface area contributed by atoms with E-state index in [9.17, 15) is 14.7 Å². The highest BCUT2D eigenvalue weighted by Gasteiger charge is 2.42. The Labute approximate surface area is 238 Å². The van der Waals surface area contributed by atoms with E-state index < -0.39 is 12.1 Å². The average Bonchev–Trinajstić information content (AvgIpc) is 3.29. The van der Waals surface area contributed by atoms with Crippen LogP contribution >= 0.6 is 11.6 Å². The number of carbonyl (C=O) groups excluding carboxylic acids is 1. The van der Waals surface area contributed by atoms with Gasteiger partial charge in [-0.25, -0.2) is 9.78 Å². The Balaban J connectivity index is 1.27. The summed E-state index contributed by atoms with van der Waals surface area (Å²) in [6, 6.07) is 8.35. The molecular formula is C29H33ClN6O4.